The van der Waals surface area contributed by atoms with Crippen molar-refractivity contribution in [1.29, 1.82) is 0 Å². The number of sulfonamides is 1. The van der Waals surface area contributed by atoms with Crippen LogP contribution in [0.25, 0.3) is 5.00 Å². The minimum absolute atomic E-state index is 0.0115. The number of amides is 1. The molecule has 1 saturated heterocycles. The number of carbonyl (C=O) groups is 1. The Balaban J connectivity index is 1.48. The van der Waals surface area contributed by atoms with E-state index in [1.807, 2.05) is 73.3 Å². The SMILES string of the molecule is Cc1sc(-n2cccc2)c(C(=O)N2CCN(S(=O)(=O)Cc3ccccc3)CC2)c1C. The molecule has 0 unspecified atom stereocenters. The lowest BCUT2D eigenvalue weighted by atomic mass is 10.1. The number of aromatic nitrogens is 1. The first-order valence-corrected chi connectivity index (χ1v) is 12.3. The molecule has 0 spiro atoms. The lowest BCUT2D eigenvalue weighted by molar-refractivity contribution is 0.0697. The molecule has 0 saturated carbocycles. The van der Waals surface area contributed by atoms with Crippen LogP contribution < -0.4 is 0 Å². The standard InChI is InChI=1S/C22H25N3O3S2/c1-17-18(2)29-22(24-10-6-7-11-24)20(17)21(26)23-12-14-25(15-13-23)30(27,28)16-19-8-4-3-5-9-19/h3-11H,12-16H2,1-2H3. The van der Waals surface area contributed by atoms with Crippen LogP contribution in [0, 0.1) is 13.8 Å². The highest BCUT2D eigenvalue weighted by molar-refractivity contribution is 7.88. The van der Waals surface area contributed by atoms with Crippen LogP contribution in [0.4, 0.5) is 0 Å². The topological polar surface area (TPSA) is 62.6 Å². The van der Waals surface area contributed by atoms with Gasteiger partial charge in [0.1, 0.15) is 5.00 Å². The minimum atomic E-state index is -3.40. The molecule has 0 radical (unpaired) electrons. The molecule has 1 fully saturated rings. The number of nitrogens with zero attached hydrogens (tertiary/aromatic N) is 3. The van der Waals surface area contributed by atoms with E-state index < -0.39 is 10.0 Å². The summed E-state index contributed by atoms with van der Waals surface area (Å²) in [6.45, 7) is 5.44. The van der Waals surface area contributed by atoms with Gasteiger partial charge in [0, 0.05) is 43.4 Å². The van der Waals surface area contributed by atoms with E-state index in [1.165, 1.54) is 4.31 Å². The van der Waals surface area contributed by atoms with Crippen molar-refractivity contribution in [3.05, 3.63) is 76.4 Å². The van der Waals surface area contributed by atoms with Gasteiger partial charge in [-0.15, -0.1) is 11.3 Å². The summed E-state index contributed by atoms with van der Waals surface area (Å²) >= 11 is 1.61. The van der Waals surface area contributed by atoms with Gasteiger partial charge in [0.15, 0.2) is 0 Å². The van der Waals surface area contributed by atoms with Gasteiger partial charge in [0.2, 0.25) is 10.0 Å². The third-order valence-corrected chi connectivity index (χ3v) is 8.60. The van der Waals surface area contributed by atoms with E-state index in [0.29, 0.717) is 31.7 Å². The van der Waals surface area contributed by atoms with Gasteiger partial charge in [0.05, 0.1) is 11.3 Å². The Morgan fingerprint density at radius 2 is 1.60 bits per heavy atom. The molecule has 6 nitrogen and oxygen atoms in total. The molecule has 8 heteroatoms. The predicted molar refractivity (Wildman–Crippen MR) is 120 cm³/mol. The highest BCUT2D eigenvalue weighted by atomic mass is 32.2. The Kier molecular flexibility index (Phi) is 5.81. The Labute approximate surface area is 181 Å². The van der Waals surface area contributed by atoms with Gasteiger partial charge >= 0.3 is 0 Å². The zero-order valence-electron chi connectivity index (χ0n) is 17.1. The monoisotopic (exact) mass is 443 g/mol. The van der Waals surface area contributed by atoms with E-state index >= 15 is 0 Å². The van der Waals surface area contributed by atoms with Crippen LogP contribution in [0.2, 0.25) is 0 Å². The van der Waals surface area contributed by atoms with E-state index in [2.05, 4.69) is 0 Å². The highest BCUT2D eigenvalue weighted by Gasteiger charge is 2.31. The number of carbonyl (C=O) groups excluding carboxylic acids is 1. The summed E-state index contributed by atoms with van der Waals surface area (Å²) in [5.74, 6) is -0.0387. The molecule has 1 aromatic carbocycles. The second-order valence-corrected chi connectivity index (χ2v) is 10.7. The molecule has 4 rings (SSSR count). The van der Waals surface area contributed by atoms with E-state index in [9.17, 15) is 13.2 Å². The average molecular weight is 444 g/mol. The summed E-state index contributed by atoms with van der Waals surface area (Å²) in [5, 5.41) is 0.916. The number of thiophene rings is 1. The lowest BCUT2D eigenvalue weighted by Gasteiger charge is -2.34. The van der Waals surface area contributed by atoms with Crippen molar-refractivity contribution in [3.63, 3.8) is 0 Å². The first-order valence-electron chi connectivity index (χ1n) is 9.91. The Hall–Kier alpha value is -2.42. The third kappa shape index (κ3) is 4.08. The summed E-state index contributed by atoms with van der Waals surface area (Å²) in [4.78, 5) is 16.2. The summed E-state index contributed by atoms with van der Waals surface area (Å²) in [5.41, 5.74) is 2.49. The van der Waals surface area contributed by atoms with E-state index in [1.54, 1.807) is 16.2 Å². The Morgan fingerprint density at radius 3 is 2.23 bits per heavy atom. The van der Waals surface area contributed by atoms with Crippen molar-refractivity contribution in [3.8, 4) is 5.00 Å². The van der Waals surface area contributed by atoms with Crippen molar-refractivity contribution in [2.75, 3.05) is 26.2 Å². The van der Waals surface area contributed by atoms with Gasteiger partial charge in [0.25, 0.3) is 5.91 Å². The quantitative estimate of drug-likeness (QED) is 0.607. The maximum atomic E-state index is 13.3. The Bertz CT molecular complexity index is 1130. The molecule has 30 heavy (non-hydrogen) atoms. The summed E-state index contributed by atoms with van der Waals surface area (Å²) in [6, 6.07) is 13.1. The molecule has 0 aliphatic carbocycles. The second kappa shape index (κ2) is 8.37. The van der Waals surface area contributed by atoms with Crippen molar-refractivity contribution < 1.29 is 13.2 Å². The van der Waals surface area contributed by atoms with Gasteiger partial charge in [-0.1, -0.05) is 30.3 Å². The van der Waals surface area contributed by atoms with Gasteiger partial charge in [-0.05, 0) is 37.1 Å². The van der Waals surface area contributed by atoms with E-state index in [-0.39, 0.29) is 11.7 Å². The van der Waals surface area contributed by atoms with Crippen LogP contribution >= 0.6 is 11.3 Å². The maximum absolute atomic E-state index is 13.3. The van der Waals surface area contributed by atoms with Crippen molar-refractivity contribution >= 4 is 27.3 Å². The normalized spacial score (nSPS) is 15.5. The zero-order chi connectivity index (χ0) is 21.3. The minimum Gasteiger partial charge on any atom is -0.336 e. The largest absolute Gasteiger partial charge is 0.336 e. The molecular weight excluding hydrogens is 418 g/mol. The van der Waals surface area contributed by atoms with Gasteiger partial charge in [-0.25, -0.2) is 8.42 Å². The molecule has 158 valence electrons. The Morgan fingerprint density at radius 1 is 0.967 bits per heavy atom. The molecule has 1 amide bonds. The summed E-state index contributed by atoms with van der Waals surface area (Å²) in [6.07, 6.45) is 3.88. The number of hydrogen-bond acceptors (Lipinski definition) is 4. The smallest absolute Gasteiger partial charge is 0.257 e. The van der Waals surface area contributed by atoms with Gasteiger partial charge in [-0.3, -0.25) is 4.79 Å². The number of piperazine rings is 1. The molecule has 3 aromatic rings. The fraction of sp³-hybridized carbons (Fsp3) is 0.318. The fourth-order valence-corrected chi connectivity index (χ4v) is 6.35. The first-order chi connectivity index (χ1) is 14.4. The van der Waals surface area contributed by atoms with Crippen LogP contribution in [0.5, 0.6) is 0 Å². The van der Waals surface area contributed by atoms with Crippen LogP contribution in [-0.2, 0) is 15.8 Å². The zero-order valence-corrected chi connectivity index (χ0v) is 18.7. The van der Waals surface area contributed by atoms with Crippen molar-refractivity contribution in [2.24, 2.45) is 0 Å². The molecule has 1 aliphatic rings. The molecule has 1 aliphatic heterocycles. The van der Waals surface area contributed by atoms with E-state index in [0.717, 1.165) is 21.0 Å². The van der Waals surface area contributed by atoms with Crippen LogP contribution in [0.15, 0.2) is 54.9 Å². The molecule has 0 atom stereocenters. The number of aryl methyl sites for hydroxylation is 1. The predicted octanol–water partition coefficient (Wildman–Crippen LogP) is 3.44. The number of benzene rings is 1. The maximum Gasteiger partial charge on any atom is 0.257 e. The van der Waals surface area contributed by atoms with Gasteiger partial charge in [-0.2, -0.15) is 4.31 Å². The molecule has 0 N–H and O–H groups in total. The highest BCUT2D eigenvalue weighted by Crippen LogP contribution is 2.32. The summed E-state index contributed by atoms with van der Waals surface area (Å²) < 4.78 is 29.1. The van der Waals surface area contributed by atoms with E-state index in [4.69, 9.17) is 0 Å². The molecular formula is C22H25N3O3S2. The number of hydrogen-bond donors (Lipinski definition) is 0. The lowest BCUT2D eigenvalue weighted by Crippen LogP contribution is -2.50. The van der Waals surface area contributed by atoms with Gasteiger partial charge < -0.3 is 9.47 Å². The fourth-order valence-electron chi connectivity index (χ4n) is 3.72. The van der Waals surface area contributed by atoms with Crippen molar-refractivity contribution in [2.45, 2.75) is 19.6 Å². The molecule has 3 heterocycles. The average Bonchev–Trinajstić information content (AvgIpc) is 3.37. The van der Waals surface area contributed by atoms with Crippen LogP contribution in [-0.4, -0.2) is 54.3 Å². The van der Waals surface area contributed by atoms with Crippen LogP contribution in [0.3, 0.4) is 0 Å². The molecule has 2 aromatic heterocycles. The second-order valence-electron chi connectivity index (χ2n) is 7.49. The first kappa shape index (κ1) is 20.8. The van der Waals surface area contributed by atoms with Crippen LogP contribution in [0.1, 0.15) is 26.4 Å². The summed E-state index contributed by atoms with van der Waals surface area (Å²) in [7, 11) is -3.40. The van der Waals surface area contributed by atoms with Crippen molar-refractivity contribution in [1.82, 2.24) is 13.8 Å². The third-order valence-electron chi connectivity index (χ3n) is 5.53. The molecule has 0 bridgehead atoms. The number of rotatable bonds is 5.